The standard InChI is InChI=1S/C21H26N4O3/c1-2-3-9-23-20(26)16-8-10-22-18(15-16)21(27)24-17-6-4-5-7-19(17)25-11-13-28-14-12-25/h4-8,10,15H,2-3,9,11-14H2,1H3,(H,23,26)(H,24,27). The summed E-state index contributed by atoms with van der Waals surface area (Å²) in [5, 5.41) is 5.78. The number of carbonyl (C=O) groups is 2. The highest BCUT2D eigenvalue weighted by atomic mass is 16.5. The number of morpholine rings is 1. The SMILES string of the molecule is CCCCNC(=O)c1ccnc(C(=O)Nc2ccccc2N2CCOCC2)c1. The molecule has 1 aromatic heterocycles. The molecule has 0 bridgehead atoms. The summed E-state index contributed by atoms with van der Waals surface area (Å²) in [6.45, 7) is 5.57. The van der Waals surface area contributed by atoms with E-state index in [1.165, 1.54) is 12.3 Å². The van der Waals surface area contributed by atoms with Gasteiger partial charge in [0.05, 0.1) is 24.6 Å². The molecule has 28 heavy (non-hydrogen) atoms. The highest BCUT2D eigenvalue weighted by Gasteiger charge is 2.17. The molecule has 2 N–H and O–H groups in total. The highest BCUT2D eigenvalue weighted by Crippen LogP contribution is 2.26. The fourth-order valence-electron chi connectivity index (χ4n) is 3.02. The number of hydrogen-bond acceptors (Lipinski definition) is 5. The largest absolute Gasteiger partial charge is 0.378 e. The lowest BCUT2D eigenvalue weighted by molar-refractivity contribution is 0.0953. The average Bonchev–Trinajstić information content (AvgIpc) is 2.75. The van der Waals surface area contributed by atoms with Crippen molar-refractivity contribution in [2.24, 2.45) is 0 Å². The van der Waals surface area contributed by atoms with Crippen LogP contribution in [0.5, 0.6) is 0 Å². The maximum atomic E-state index is 12.7. The van der Waals surface area contributed by atoms with Crippen LogP contribution in [0.25, 0.3) is 0 Å². The second kappa shape index (κ2) is 9.85. The zero-order chi connectivity index (χ0) is 19.8. The maximum absolute atomic E-state index is 12.7. The van der Waals surface area contributed by atoms with Gasteiger partial charge in [0.15, 0.2) is 0 Å². The number of hydrogen-bond donors (Lipinski definition) is 2. The second-order valence-corrected chi connectivity index (χ2v) is 6.61. The van der Waals surface area contributed by atoms with Gasteiger partial charge in [-0.15, -0.1) is 0 Å². The molecule has 3 rings (SSSR count). The van der Waals surface area contributed by atoms with Gasteiger partial charge in [0.2, 0.25) is 0 Å². The molecule has 148 valence electrons. The number of unbranched alkanes of at least 4 members (excludes halogenated alkanes) is 1. The average molecular weight is 382 g/mol. The van der Waals surface area contributed by atoms with Crippen LogP contribution in [-0.2, 0) is 4.74 Å². The lowest BCUT2D eigenvalue weighted by Gasteiger charge is -2.30. The number of para-hydroxylation sites is 2. The molecule has 7 nitrogen and oxygen atoms in total. The van der Waals surface area contributed by atoms with E-state index >= 15 is 0 Å². The Balaban J connectivity index is 1.72. The molecule has 2 aromatic rings. The Bertz CT molecular complexity index is 819. The molecule has 1 aliphatic rings. The van der Waals surface area contributed by atoms with Gasteiger partial charge >= 0.3 is 0 Å². The molecule has 1 fully saturated rings. The lowest BCUT2D eigenvalue weighted by Crippen LogP contribution is -2.36. The van der Waals surface area contributed by atoms with Crippen molar-refractivity contribution in [2.75, 3.05) is 43.1 Å². The summed E-state index contributed by atoms with van der Waals surface area (Å²) in [5.74, 6) is -0.539. The summed E-state index contributed by atoms with van der Waals surface area (Å²) in [7, 11) is 0. The predicted octanol–water partition coefficient (Wildman–Crippen LogP) is 2.70. The number of benzene rings is 1. The third-order valence-corrected chi connectivity index (χ3v) is 4.57. The van der Waals surface area contributed by atoms with Gasteiger partial charge in [0.1, 0.15) is 5.69 Å². The fourth-order valence-corrected chi connectivity index (χ4v) is 3.02. The molecule has 0 aliphatic carbocycles. The normalized spacial score (nSPS) is 13.8. The van der Waals surface area contributed by atoms with Gasteiger partial charge in [-0.2, -0.15) is 0 Å². The fraction of sp³-hybridized carbons (Fsp3) is 0.381. The van der Waals surface area contributed by atoms with Crippen LogP contribution >= 0.6 is 0 Å². The van der Waals surface area contributed by atoms with Crippen LogP contribution in [-0.4, -0.2) is 49.6 Å². The lowest BCUT2D eigenvalue weighted by atomic mass is 10.2. The summed E-state index contributed by atoms with van der Waals surface area (Å²) in [6, 6.07) is 10.8. The zero-order valence-electron chi connectivity index (χ0n) is 16.1. The van der Waals surface area contributed by atoms with Gasteiger partial charge in [0.25, 0.3) is 11.8 Å². The van der Waals surface area contributed by atoms with Gasteiger partial charge in [0, 0.05) is 31.4 Å². The molecular formula is C21H26N4O3. The Kier molecular flexibility index (Phi) is 6.97. The minimum Gasteiger partial charge on any atom is -0.378 e. The van der Waals surface area contributed by atoms with Gasteiger partial charge in [-0.3, -0.25) is 14.6 Å². The van der Waals surface area contributed by atoms with Gasteiger partial charge in [-0.1, -0.05) is 25.5 Å². The van der Waals surface area contributed by atoms with Gasteiger partial charge in [-0.25, -0.2) is 0 Å². The summed E-state index contributed by atoms with van der Waals surface area (Å²) in [4.78, 5) is 31.3. The first-order valence-electron chi connectivity index (χ1n) is 9.66. The topological polar surface area (TPSA) is 83.6 Å². The summed E-state index contributed by atoms with van der Waals surface area (Å²) >= 11 is 0. The van der Waals surface area contributed by atoms with E-state index in [9.17, 15) is 9.59 Å². The molecule has 0 spiro atoms. The minimum atomic E-state index is -0.344. The summed E-state index contributed by atoms with van der Waals surface area (Å²) < 4.78 is 5.41. The second-order valence-electron chi connectivity index (χ2n) is 6.61. The van der Waals surface area contributed by atoms with Crippen LogP contribution < -0.4 is 15.5 Å². The van der Waals surface area contributed by atoms with Crippen LogP contribution in [0.4, 0.5) is 11.4 Å². The van der Waals surface area contributed by atoms with E-state index in [4.69, 9.17) is 4.74 Å². The Hall–Kier alpha value is -2.93. The van der Waals surface area contributed by atoms with E-state index in [2.05, 4.69) is 27.4 Å². The summed E-state index contributed by atoms with van der Waals surface area (Å²) in [5.41, 5.74) is 2.30. The van der Waals surface area contributed by atoms with Crippen LogP contribution in [0.1, 0.15) is 40.6 Å². The van der Waals surface area contributed by atoms with Crippen LogP contribution in [0.3, 0.4) is 0 Å². The molecular weight excluding hydrogens is 356 g/mol. The van der Waals surface area contributed by atoms with Crippen LogP contribution in [0.2, 0.25) is 0 Å². The zero-order valence-corrected chi connectivity index (χ0v) is 16.1. The molecule has 0 saturated carbocycles. The van der Waals surface area contributed by atoms with E-state index in [1.54, 1.807) is 6.07 Å². The molecule has 1 aliphatic heterocycles. The maximum Gasteiger partial charge on any atom is 0.274 e. The first kappa shape index (κ1) is 19.8. The van der Waals surface area contributed by atoms with Crippen molar-refractivity contribution >= 4 is 23.2 Å². The number of carbonyl (C=O) groups excluding carboxylic acids is 2. The molecule has 1 saturated heterocycles. The molecule has 0 unspecified atom stereocenters. The number of nitrogens with one attached hydrogen (secondary N) is 2. The Morgan fingerprint density at radius 3 is 2.71 bits per heavy atom. The first-order chi connectivity index (χ1) is 13.7. The van der Waals surface area contributed by atoms with Gasteiger partial charge < -0.3 is 20.3 Å². The number of pyridine rings is 1. The number of nitrogens with zero attached hydrogens (tertiary/aromatic N) is 2. The predicted molar refractivity (Wildman–Crippen MR) is 109 cm³/mol. The number of aromatic nitrogens is 1. The monoisotopic (exact) mass is 382 g/mol. The van der Waals surface area contributed by atoms with E-state index in [-0.39, 0.29) is 17.5 Å². The van der Waals surface area contributed by atoms with Gasteiger partial charge in [-0.05, 0) is 30.7 Å². The smallest absolute Gasteiger partial charge is 0.274 e. The minimum absolute atomic E-state index is 0.196. The Morgan fingerprint density at radius 1 is 1.14 bits per heavy atom. The van der Waals surface area contributed by atoms with E-state index in [0.29, 0.717) is 31.0 Å². The summed E-state index contributed by atoms with van der Waals surface area (Å²) in [6.07, 6.45) is 3.41. The van der Waals surface area contributed by atoms with Crippen molar-refractivity contribution < 1.29 is 14.3 Å². The Labute approximate surface area is 165 Å². The van der Waals surface area contributed by atoms with Crippen LogP contribution in [0.15, 0.2) is 42.6 Å². The van der Waals surface area contributed by atoms with Crippen molar-refractivity contribution in [3.05, 3.63) is 53.9 Å². The first-order valence-corrected chi connectivity index (χ1v) is 9.66. The molecule has 1 aromatic carbocycles. The van der Waals surface area contributed by atoms with Crippen molar-refractivity contribution in [3.63, 3.8) is 0 Å². The molecule has 2 amide bonds. The van der Waals surface area contributed by atoms with Crippen molar-refractivity contribution in [1.29, 1.82) is 0 Å². The quantitative estimate of drug-likeness (QED) is 0.720. The van der Waals surface area contributed by atoms with Crippen molar-refractivity contribution in [1.82, 2.24) is 10.3 Å². The number of anilines is 2. The molecule has 2 heterocycles. The third-order valence-electron chi connectivity index (χ3n) is 4.57. The number of rotatable bonds is 7. The Morgan fingerprint density at radius 2 is 1.93 bits per heavy atom. The highest BCUT2D eigenvalue weighted by molar-refractivity contribution is 6.06. The third kappa shape index (κ3) is 5.07. The van der Waals surface area contributed by atoms with E-state index in [1.807, 2.05) is 24.3 Å². The molecule has 7 heteroatoms. The van der Waals surface area contributed by atoms with Crippen molar-refractivity contribution in [3.8, 4) is 0 Å². The number of amides is 2. The molecule has 0 radical (unpaired) electrons. The van der Waals surface area contributed by atoms with E-state index < -0.39 is 0 Å². The van der Waals surface area contributed by atoms with Crippen molar-refractivity contribution in [2.45, 2.75) is 19.8 Å². The van der Waals surface area contributed by atoms with Crippen LogP contribution in [0, 0.1) is 0 Å². The van der Waals surface area contributed by atoms with E-state index in [0.717, 1.165) is 31.6 Å². The molecule has 0 atom stereocenters. The number of ether oxygens (including phenoxy) is 1.